The Bertz CT molecular complexity index is 1060. The van der Waals surface area contributed by atoms with Gasteiger partial charge in [-0.3, -0.25) is 0 Å². The fourth-order valence-corrected chi connectivity index (χ4v) is 3.41. The van der Waals surface area contributed by atoms with Crippen LogP contribution in [0.1, 0.15) is 0 Å². The molecule has 27 heavy (non-hydrogen) atoms. The van der Waals surface area contributed by atoms with Crippen LogP contribution in [-0.2, 0) is 10.0 Å². The minimum atomic E-state index is -3.87. The number of aromatic nitrogens is 2. The Balaban J connectivity index is 1.55. The first-order valence-corrected chi connectivity index (χ1v) is 9.44. The largest absolute Gasteiger partial charge is 0.497 e. The molecule has 0 spiro atoms. The number of hydrogen-bond acceptors (Lipinski definition) is 8. The maximum absolute atomic E-state index is 12.4. The first-order valence-electron chi connectivity index (χ1n) is 7.95. The van der Waals surface area contributed by atoms with Crippen molar-refractivity contribution in [2.45, 2.75) is 4.90 Å². The van der Waals surface area contributed by atoms with Gasteiger partial charge in [-0.15, -0.1) is 5.10 Å². The van der Waals surface area contributed by atoms with E-state index in [0.29, 0.717) is 36.0 Å². The van der Waals surface area contributed by atoms with Gasteiger partial charge >= 0.3 is 6.01 Å². The van der Waals surface area contributed by atoms with E-state index in [2.05, 4.69) is 14.9 Å². The monoisotopic (exact) mass is 389 g/mol. The van der Waals surface area contributed by atoms with E-state index in [0.717, 1.165) is 0 Å². The van der Waals surface area contributed by atoms with E-state index in [1.807, 2.05) is 0 Å². The summed E-state index contributed by atoms with van der Waals surface area (Å²) in [5.41, 5.74) is 0.585. The number of anilines is 1. The number of nitrogens with zero attached hydrogens (tertiary/aromatic N) is 2. The lowest BCUT2D eigenvalue weighted by atomic mass is 10.2. The van der Waals surface area contributed by atoms with Crippen molar-refractivity contribution in [1.29, 1.82) is 0 Å². The summed E-state index contributed by atoms with van der Waals surface area (Å²) in [5.74, 6) is 1.90. The lowest BCUT2D eigenvalue weighted by Gasteiger charge is -2.18. The molecule has 0 aliphatic carbocycles. The zero-order valence-electron chi connectivity index (χ0n) is 14.2. The van der Waals surface area contributed by atoms with Crippen LogP contribution in [-0.4, -0.2) is 38.9 Å². The van der Waals surface area contributed by atoms with Gasteiger partial charge in [0.2, 0.25) is 5.89 Å². The van der Waals surface area contributed by atoms with Gasteiger partial charge in [0.25, 0.3) is 10.0 Å². The van der Waals surface area contributed by atoms with Crippen LogP contribution in [0.2, 0.25) is 0 Å². The standard InChI is InChI=1S/C17H15N3O6S/c1-23-12-3-5-13(6-4-12)27(21,22)20-17-19-18-16(26-17)11-2-7-14-15(10-11)25-9-8-24-14/h2-7,10H,8-9H2,1H3,(H,19,20). The van der Waals surface area contributed by atoms with Gasteiger partial charge in [0, 0.05) is 5.56 Å². The van der Waals surface area contributed by atoms with E-state index in [4.69, 9.17) is 18.6 Å². The molecule has 0 bridgehead atoms. The third-order valence-corrected chi connectivity index (χ3v) is 5.14. The summed E-state index contributed by atoms with van der Waals surface area (Å²) in [6.45, 7) is 0.942. The predicted octanol–water partition coefficient (Wildman–Crippen LogP) is 2.32. The fourth-order valence-electron chi connectivity index (χ4n) is 2.49. The maximum atomic E-state index is 12.4. The van der Waals surface area contributed by atoms with Gasteiger partial charge in [0.05, 0.1) is 12.0 Å². The highest BCUT2D eigenvalue weighted by molar-refractivity contribution is 7.92. The summed E-state index contributed by atoms with van der Waals surface area (Å²) in [6, 6.07) is 10.8. The molecule has 140 valence electrons. The van der Waals surface area contributed by atoms with Crippen molar-refractivity contribution >= 4 is 16.0 Å². The summed E-state index contributed by atoms with van der Waals surface area (Å²) in [5, 5.41) is 7.63. The third-order valence-electron chi connectivity index (χ3n) is 3.81. The zero-order chi connectivity index (χ0) is 18.9. The van der Waals surface area contributed by atoms with E-state index in [1.165, 1.54) is 19.2 Å². The highest BCUT2D eigenvalue weighted by Gasteiger charge is 2.20. The van der Waals surface area contributed by atoms with Crippen molar-refractivity contribution in [3.63, 3.8) is 0 Å². The minimum absolute atomic E-state index is 0.0439. The Morgan fingerprint density at radius 3 is 2.48 bits per heavy atom. The number of rotatable bonds is 5. The average molecular weight is 389 g/mol. The van der Waals surface area contributed by atoms with E-state index < -0.39 is 10.0 Å². The van der Waals surface area contributed by atoms with Crippen molar-refractivity contribution in [2.24, 2.45) is 0 Å². The molecule has 0 saturated heterocycles. The van der Waals surface area contributed by atoms with Crippen molar-refractivity contribution in [1.82, 2.24) is 10.2 Å². The van der Waals surface area contributed by atoms with Crippen LogP contribution < -0.4 is 18.9 Å². The summed E-state index contributed by atoms with van der Waals surface area (Å²) in [6.07, 6.45) is 0. The molecule has 0 atom stereocenters. The van der Waals surface area contributed by atoms with Gasteiger partial charge in [-0.2, -0.15) is 0 Å². The predicted molar refractivity (Wildman–Crippen MR) is 94.5 cm³/mol. The Labute approximate surface area is 154 Å². The van der Waals surface area contributed by atoms with E-state index >= 15 is 0 Å². The van der Waals surface area contributed by atoms with E-state index in [1.54, 1.807) is 30.3 Å². The summed E-state index contributed by atoms with van der Waals surface area (Å²) in [4.78, 5) is 0.0439. The lowest BCUT2D eigenvalue weighted by Crippen LogP contribution is -2.15. The van der Waals surface area contributed by atoms with Crippen molar-refractivity contribution in [3.8, 4) is 28.7 Å². The molecular weight excluding hydrogens is 374 g/mol. The molecule has 0 amide bonds. The molecule has 0 radical (unpaired) electrons. The molecular formula is C17H15N3O6S. The van der Waals surface area contributed by atoms with Gasteiger partial charge < -0.3 is 18.6 Å². The normalized spacial score (nSPS) is 13.2. The highest BCUT2D eigenvalue weighted by Crippen LogP contribution is 2.34. The van der Waals surface area contributed by atoms with Crippen molar-refractivity contribution in [3.05, 3.63) is 42.5 Å². The number of methoxy groups -OCH3 is 1. The van der Waals surface area contributed by atoms with Crippen LogP contribution in [0.15, 0.2) is 51.8 Å². The molecule has 3 aromatic rings. The van der Waals surface area contributed by atoms with Crippen LogP contribution >= 0.6 is 0 Å². The van der Waals surface area contributed by atoms with E-state index in [9.17, 15) is 8.42 Å². The molecule has 1 aromatic heterocycles. The second-order valence-corrected chi connectivity index (χ2v) is 7.23. The quantitative estimate of drug-likeness (QED) is 0.707. The lowest BCUT2D eigenvalue weighted by molar-refractivity contribution is 0.171. The van der Waals surface area contributed by atoms with E-state index in [-0.39, 0.29) is 16.8 Å². The zero-order valence-corrected chi connectivity index (χ0v) is 15.0. The Morgan fingerprint density at radius 1 is 1.00 bits per heavy atom. The van der Waals surface area contributed by atoms with Gasteiger partial charge in [0.15, 0.2) is 11.5 Å². The SMILES string of the molecule is COc1ccc(S(=O)(=O)Nc2nnc(-c3ccc4c(c3)OCCO4)o2)cc1. The molecule has 1 aliphatic heterocycles. The second-order valence-electron chi connectivity index (χ2n) is 5.55. The molecule has 1 N–H and O–H groups in total. The summed E-state index contributed by atoms with van der Waals surface area (Å²) >= 11 is 0. The Kier molecular flexibility index (Phi) is 4.32. The van der Waals surface area contributed by atoms with Crippen LogP contribution in [0.5, 0.6) is 17.2 Å². The molecule has 0 saturated carbocycles. The minimum Gasteiger partial charge on any atom is -0.497 e. The molecule has 1 aliphatic rings. The number of ether oxygens (including phenoxy) is 3. The van der Waals surface area contributed by atoms with Crippen LogP contribution in [0, 0.1) is 0 Å². The first-order chi connectivity index (χ1) is 13.0. The number of hydrogen-bond donors (Lipinski definition) is 1. The molecule has 0 fully saturated rings. The number of benzene rings is 2. The van der Waals surface area contributed by atoms with Crippen molar-refractivity contribution < 1.29 is 27.0 Å². The Morgan fingerprint density at radius 2 is 1.74 bits per heavy atom. The summed E-state index contributed by atoms with van der Waals surface area (Å²) < 4.78 is 48.5. The van der Waals surface area contributed by atoms with Crippen LogP contribution in [0.25, 0.3) is 11.5 Å². The number of fused-ring (bicyclic) bond motifs is 1. The average Bonchev–Trinajstić information content (AvgIpc) is 3.15. The maximum Gasteiger partial charge on any atom is 0.330 e. The molecule has 9 nitrogen and oxygen atoms in total. The summed E-state index contributed by atoms with van der Waals surface area (Å²) in [7, 11) is -2.37. The van der Waals surface area contributed by atoms with Gasteiger partial charge in [-0.05, 0) is 42.5 Å². The highest BCUT2D eigenvalue weighted by atomic mass is 32.2. The molecule has 4 rings (SSSR count). The van der Waals surface area contributed by atoms with Gasteiger partial charge in [0.1, 0.15) is 19.0 Å². The van der Waals surface area contributed by atoms with Gasteiger partial charge in [-0.25, -0.2) is 13.1 Å². The Hall–Kier alpha value is -3.27. The first kappa shape index (κ1) is 17.2. The topological polar surface area (TPSA) is 113 Å². The van der Waals surface area contributed by atoms with Crippen LogP contribution in [0.3, 0.4) is 0 Å². The van der Waals surface area contributed by atoms with Crippen LogP contribution in [0.4, 0.5) is 6.01 Å². The number of sulfonamides is 1. The molecule has 2 heterocycles. The molecule has 2 aromatic carbocycles. The van der Waals surface area contributed by atoms with Gasteiger partial charge in [-0.1, -0.05) is 5.10 Å². The fraction of sp³-hybridized carbons (Fsp3) is 0.176. The molecule has 10 heteroatoms. The molecule has 0 unspecified atom stereocenters. The smallest absolute Gasteiger partial charge is 0.330 e. The number of nitrogens with one attached hydrogen (secondary N) is 1. The second kappa shape index (κ2) is 6.80. The third kappa shape index (κ3) is 3.51. The van der Waals surface area contributed by atoms with Crippen molar-refractivity contribution in [2.75, 3.05) is 25.0 Å².